The van der Waals surface area contributed by atoms with Gasteiger partial charge in [-0.1, -0.05) is 60.1 Å². The molecule has 0 aliphatic heterocycles. The van der Waals surface area contributed by atoms with Crippen LogP contribution in [0.2, 0.25) is 5.02 Å². The Morgan fingerprint density at radius 2 is 1.78 bits per heavy atom. The van der Waals surface area contributed by atoms with Gasteiger partial charge in [-0.3, -0.25) is 0 Å². The third-order valence-electron chi connectivity index (χ3n) is 2.52. The van der Waals surface area contributed by atoms with Crippen molar-refractivity contribution >= 4 is 23.6 Å². The Bertz CT molecular complexity index is 589. The molecule has 0 spiro atoms. The van der Waals surface area contributed by atoms with Crippen LogP contribution in [0.5, 0.6) is 0 Å². The number of hydrogen-bond donors (Lipinski definition) is 1. The molecule has 2 nitrogen and oxygen atoms in total. The van der Waals surface area contributed by atoms with Crippen LogP contribution in [0.3, 0.4) is 0 Å². The van der Waals surface area contributed by atoms with Gasteiger partial charge in [0.15, 0.2) is 0 Å². The number of halogens is 1. The smallest absolute Gasteiger partial charge is 0.328 e. The highest BCUT2D eigenvalue weighted by atomic mass is 35.5. The van der Waals surface area contributed by atoms with Gasteiger partial charge < -0.3 is 5.11 Å². The molecule has 0 heterocycles. The lowest BCUT2D eigenvalue weighted by Crippen LogP contribution is -1.87. The van der Waals surface area contributed by atoms with E-state index in [1.165, 1.54) is 6.08 Å². The van der Waals surface area contributed by atoms with Gasteiger partial charge in [0.25, 0.3) is 0 Å². The van der Waals surface area contributed by atoms with Crippen molar-refractivity contribution in [2.75, 3.05) is 0 Å². The summed E-state index contributed by atoms with van der Waals surface area (Å²) in [5, 5.41) is 9.18. The lowest BCUT2D eigenvalue weighted by atomic mass is 10.0. The van der Waals surface area contributed by atoms with Crippen molar-refractivity contribution in [3.63, 3.8) is 0 Å². The molecule has 2 aromatic rings. The highest BCUT2D eigenvalue weighted by molar-refractivity contribution is 6.34. The quantitative estimate of drug-likeness (QED) is 0.842. The van der Waals surface area contributed by atoms with Crippen LogP contribution in [-0.4, -0.2) is 11.1 Å². The first-order valence-electron chi connectivity index (χ1n) is 5.43. The summed E-state index contributed by atoms with van der Waals surface area (Å²) in [5.74, 6) is -0.990. The summed E-state index contributed by atoms with van der Waals surface area (Å²) < 4.78 is 0. The molecular weight excluding hydrogens is 248 g/mol. The summed E-state index contributed by atoms with van der Waals surface area (Å²) in [6.45, 7) is 0. The number of carboxylic acids is 1. The number of aliphatic carboxylic acids is 1. The standard InChI is InChI=1S/C15H11ClO2/c16-15-12(9-10-14(17)18)7-4-8-13(15)11-5-2-1-3-6-11/h1-10H,(H,17,18). The van der Waals surface area contributed by atoms with Gasteiger partial charge in [0.05, 0.1) is 5.02 Å². The van der Waals surface area contributed by atoms with Gasteiger partial charge in [-0.15, -0.1) is 0 Å². The molecule has 0 atom stereocenters. The SMILES string of the molecule is O=C(O)C=Cc1cccc(-c2ccccc2)c1Cl. The minimum absolute atomic E-state index is 0.557. The van der Waals surface area contributed by atoms with E-state index in [-0.39, 0.29) is 0 Å². The molecule has 0 radical (unpaired) electrons. The Morgan fingerprint density at radius 3 is 2.44 bits per heavy atom. The molecule has 90 valence electrons. The van der Waals surface area contributed by atoms with Gasteiger partial charge in [-0.2, -0.15) is 0 Å². The van der Waals surface area contributed by atoms with E-state index in [0.29, 0.717) is 10.6 Å². The van der Waals surface area contributed by atoms with E-state index in [0.717, 1.165) is 17.2 Å². The van der Waals surface area contributed by atoms with Crippen molar-refractivity contribution in [1.82, 2.24) is 0 Å². The fourth-order valence-electron chi connectivity index (χ4n) is 1.68. The summed E-state index contributed by atoms with van der Waals surface area (Å²) in [6, 6.07) is 15.3. The molecule has 0 unspecified atom stereocenters. The molecule has 2 aromatic carbocycles. The van der Waals surface area contributed by atoms with Crippen molar-refractivity contribution in [2.45, 2.75) is 0 Å². The molecule has 0 fully saturated rings. The van der Waals surface area contributed by atoms with E-state index >= 15 is 0 Å². The number of benzene rings is 2. The molecule has 0 saturated carbocycles. The Hall–Kier alpha value is -2.06. The average molecular weight is 259 g/mol. The third kappa shape index (κ3) is 2.79. The Kier molecular flexibility index (Phi) is 3.80. The Labute approximate surface area is 110 Å². The predicted octanol–water partition coefficient (Wildman–Crippen LogP) is 4.10. The molecule has 0 aliphatic rings. The molecule has 3 heteroatoms. The molecule has 2 rings (SSSR count). The fourth-order valence-corrected chi connectivity index (χ4v) is 1.98. The van der Waals surface area contributed by atoms with E-state index < -0.39 is 5.97 Å². The van der Waals surface area contributed by atoms with Gasteiger partial charge in [-0.05, 0) is 17.2 Å². The maximum atomic E-state index is 10.5. The molecule has 18 heavy (non-hydrogen) atoms. The fraction of sp³-hybridized carbons (Fsp3) is 0. The second-order valence-corrected chi connectivity index (χ2v) is 4.12. The van der Waals surface area contributed by atoms with Crippen molar-refractivity contribution in [1.29, 1.82) is 0 Å². The first kappa shape index (κ1) is 12.4. The van der Waals surface area contributed by atoms with Crippen LogP contribution >= 0.6 is 11.6 Å². The Balaban J connectivity index is 2.46. The van der Waals surface area contributed by atoms with Crippen LogP contribution in [0, 0.1) is 0 Å². The second-order valence-electron chi connectivity index (χ2n) is 3.75. The zero-order valence-electron chi connectivity index (χ0n) is 9.51. The lowest BCUT2D eigenvalue weighted by molar-refractivity contribution is -0.131. The van der Waals surface area contributed by atoms with E-state index in [1.54, 1.807) is 6.07 Å². The summed E-state index contributed by atoms with van der Waals surface area (Å²) >= 11 is 6.28. The summed E-state index contributed by atoms with van der Waals surface area (Å²) in [5.41, 5.74) is 2.60. The zero-order valence-corrected chi connectivity index (χ0v) is 10.3. The largest absolute Gasteiger partial charge is 0.478 e. The minimum atomic E-state index is -0.990. The van der Waals surface area contributed by atoms with Crippen LogP contribution in [0.1, 0.15) is 5.56 Å². The maximum absolute atomic E-state index is 10.5. The summed E-state index contributed by atoms with van der Waals surface area (Å²) in [4.78, 5) is 10.5. The minimum Gasteiger partial charge on any atom is -0.478 e. The number of carboxylic acid groups (broad SMARTS) is 1. The molecule has 0 saturated heterocycles. The van der Waals surface area contributed by atoms with Gasteiger partial charge in [0.2, 0.25) is 0 Å². The first-order valence-corrected chi connectivity index (χ1v) is 5.81. The zero-order chi connectivity index (χ0) is 13.0. The van der Waals surface area contributed by atoms with Crippen molar-refractivity contribution < 1.29 is 9.90 Å². The number of hydrogen-bond acceptors (Lipinski definition) is 1. The second kappa shape index (κ2) is 5.52. The molecule has 0 aliphatic carbocycles. The normalized spacial score (nSPS) is 10.7. The summed E-state index contributed by atoms with van der Waals surface area (Å²) in [7, 11) is 0. The van der Waals surface area contributed by atoms with Gasteiger partial charge in [-0.25, -0.2) is 4.79 Å². The van der Waals surface area contributed by atoms with Crippen LogP contribution in [0.25, 0.3) is 17.2 Å². The van der Waals surface area contributed by atoms with Gasteiger partial charge in [0, 0.05) is 11.6 Å². The number of rotatable bonds is 3. The molecule has 0 aromatic heterocycles. The van der Waals surface area contributed by atoms with Crippen LogP contribution in [0.15, 0.2) is 54.6 Å². The molecule has 0 amide bonds. The maximum Gasteiger partial charge on any atom is 0.328 e. The van der Waals surface area contributed by atoms with E-state index in [1.807, 2.05) is 42.5 Å². The monoisotopic (exact) mass is 258 g/mol. The highest BCUT2D eigenvalue weighted by Crippen LogP contribution is 2.31. The molecule has 1 N–H and O–H groups in total. The van der Waals surface area contributed by atoms with E-state index in [2.05, 4.69) is 0 Å². The average Bonchev–Trinajstić information content (AvgIpc) is 2.38. The highest BCUT2D eigenvalue weighted by Gasteiger charge is 2.05. The third-order valence-corrected chi connectivity index (χ3v) is 2.94. The lowest BCUT2D eigenvalue weighted by Gasteiger charge is -2.06. The first-order chi connectivity index (χ1) is 8.68. The summed E-state index contributed by atoms with van der Waals surface area (Å²) in [6.07, 6.45) is 2.58. The van der Waals surface area contributed by atoms with Gasteiger partial charge >= 0.3 is 5.97 Å². The molecular formula is C15H11ClO2. The topological polar surface area (TPSA) is 37.3 Å². The van der Waals surface area contributed by atoms with Crippen LogP contribution in [-0.2, 0) is 4.79 Å². The van der Waals surface area contributed by atoms with E-state index in [4.69, 9.17) is 16.7 Å². The predicted molar refractivity (Wildman–Crippen MR) is 73.6 cm³/mol. The Morgan fingerprint density at radius 1 is 1.06 bits per heavy atom. The van der Waals surface area contributed by atoms with Crippen molar-refractivity contribution in [2.24, 2.45) is 0 Å². The van der Waals surface area contributed by atoms with Crippen LogP contribution in [0.4, 0.5) is 0 Å². The van der Waals surface area contributed by atoms with Crippen molar-refractivity contribution in [3.8, 4) is 11.1 Å². The van der Waals surface area contributed by atoms with Crippen LogP contribution < -0.4 is 0 Å². The van der Waals surface area contributed by atoms with Crippen molar-refractivity contribution in [3.05, 3.63) is 65.2 Å². The molecule has 0 bridgehead atoms. The van der Waals surface area contributed by atoms with E-state index in [9.17, 15) is 4.79 Å². The van der Waals surface area contributed by atoms with Gasteiger partial charge in [0.1, 0.15) is 0 Å². The number of carbonyl (C=O) groups is 1.